The van der Waals surface area contributed by atoms with E-state index in [1.165, 1.54) is 28.6 Å². The second-order valence-corrected chi connectivity index (χ2v) is 8.61. The topological polar surface area (TPSA) is 110 Å². The number of hydrogen-bond acceptors (Lipinski definition) is 6. The number of anilines is 1. The molecule has 0 unspecified atom stereocenters. The third-order valence-corrected chi connectivity index (χ3v) is 6.61. The number of aryl methyl sites for hydroxylation is 1. The third kappa shape index (κ3) is 4.20. The maximum absolute atomic E-state index is 12.7. The van der Waals surface area contributed by atoms with Crippen molar-refractivity contribution >= 4 is 27.2 Å². The van der Waals surface area contributed by atoms with Gasteiger partial charge in [0.1, 0.15) is 0 Å². The first-order valence-corrected chi connectivity index (χ1v) is 10.4. The van der Waals surface area contributed by atoms with Crippen LogP contribution < -0.4 is 5.32 Å². The zero-order chi connectivity index (χ0) is 20.3. The largest absolute Gasteiger partial charge is 0.377 e. The van der Waals surface area contributed by atoms with Gasteiger partial charge in [-0.05, 0) is 43.5 Å². The van der Waals surface area contributed by atoms with Crippen molar-refractivity contribution in [3.05, 3.63) is 63.7 Å². The van der Waals surface area contributed by atoms with Gasteiger partial charge >= 0.3 is 0 Å². The van der Waals surface area contributed by atoms with Crippen molar-refractivity contribution in [3.63, 3.8) is 0 Å². The number of benzene rings is 2. The molecule has 1 heterocycles. The first kappa shape index (κ1) is 20.0. The minimum Gasteiger partial charge on any atom is -0.377 e. The van der Waals surface area contributed by atoms with Crippen LogP contribution in [0.2, 0.25) is 0 Å². The second kappa shape index (κ2) is 8.07. The van der Waals surface area contributed by atoms with Crippen molar-refractivity contribution < 1.29 is 18.1 Å². The van der Waals surface area contributed by atoms with Gasteiger partial charge in [0.2, 0.25) is 10.0 Å². The number of hydrogen-bond donors (Lipinski definition) is 1. The average Bonchev–Trinajstić information content (AvgIpc) is 3.22. The Morgan fingerprint density at radius 1 is 1.18 bits per heavy atom. The van der Waals surface area contributed by atoms with Crippen molar-refractivity contribution in [2.45, 2.75) is 24.7 Å². The molecule has 148 valence electrons. The summed E-state index contributed by atoms with van der Waals surface area (Å²) in [5.74, 6) is -0.267. The summed E-state index contributed by atoms with van der Waals surface area (Å²) in [5.41, 5.74) is 1.54. The molecule has 3 rings (SSSR count). The molecule has 0 amide bonds. The minimum absolute atomic E-state index is 0.0193. The van der Waals surface area contributed by atoms with Gasteiger partial charge < -0.3 is 5.32 Å². The van der Waals surface area contributed by atoms with Crippen molar-refractivity contribution in [2.75, 3.05) is 25.0 Å². The first-order valence-electron chi connectivity index (χ1n) is 8.91. The molecule has 1 aliphatic rings. The normalized spacial score (nSPS) is 14.8. The lowest BCUT2D eigenvalue weighted by molar-refractivity contribution is -0.384. The summed E-state index contributed by atoms with van der Waals surface area (Å²) in [6.07, 6.45) is 1.69. The fourth-order valence-corrected chi connectivity index (χ4v) is 4.71. The predicted molar refractivity (Wildman–Crippen MR) is 105 cm³/mol. The van der Waals surface area contributed by atoms with Crippen molar-refractivity contribution in [1.29, 1.82) is 0 Å². The zero-order valence-corrected chi connectivity index (χ0v) is 16.2. The van der Waals surface area contributed by atoms with E-state index >= 15 is 0 Å². The van der Waals surface area contributed by atoms with Gasteiger partial charge in [-0.15, -0.1) is 0 Å². The molecule has 28 heavy (non-hydrogen) atoms. The van der Waals surface area contributed by atoms with E-state index in [1.807, 2.05) is 0 Å². The smallest absolute Gasteiger partial charge is 0.269 e. The number of carbonyl (C=O) groups excluding carboxylic acids is 1. The predicted octanol–water partition coefficient (Wildman–Crippen LogP) is 2.98. The van der Waals surface area contributed by atoms with E-state index < -0.39 is 14.9 Å². The Labute approximate surface area is 163 Å². The van der Waals surface area contributed by atoms with Gasteiger partial charge in [-0.3, -0.25) is 14.9 Å². The summed E-state index contributed by atoms with van der Waals surface area (Å²) in [7, 11) is -3.58. The standard InChI is InChI=1S/C19H21N3O5S/c1-14-11-16(22(24)25)7-8-18(14)20-13-19(23)15-5-4-6-17(12-15)28(26,27)21-9-2-3-10-21/h4-8,11-12,20H,2-3,9-10,13H2,1H3. The molecule has 2 aromatic rings. The van der Waals surface area contributed by atoms with Crippen LogP contribution in [0.15, 0.2) is 47.4 Å². The Balaban J connectivity index is 1.72. The molecule has 0 bridgehead atoms. The molecule has 0 spiro atoms. The van der Waals surface area contributed by atoms with E-state index in [-0.39, 0.29) is 22.9 Å². The van der Waals surface area contributed by atoms with Gasteiger partial charge in [0, 0.05) is 36.5 Å². The van der Waals surface area contributed by atoms with E-state index in [1.54, 1.807) is 25.1 Å². The number of rotatable bonds is 7. The number of nitro groups is 1. The highest BCUT2D eigenvalue weighted by Crippen LogP contribution is 2.23. The fourth-order valence-electron chi connectivity index (χ4n) is 3.14. The summed E-state index contributed by atoms with van der Waals surface area (Å²) < 4.78 is 26.8. The molecule has 0 saturated carbocycles. The summed E-state index contributed by atoms with van der Waals surface area (Å²) in [6, 6.07) is 10.4. The van der Waals surface area contributed by atoms with Gasteiger partial charge in [-0.25, -0.2) is 8.42 Å². The summed E-state index contributed by atoms with van der Waals surface area (Å²) in [4.78, 5) is 23.0. The van der Waals surface area contributed by atoms with Crippen LogP contribution in [0.4, 0.5) is 11.4 Å². The fraction of sp³-hybridized carbons (Fsp3) is 0.316. The highest BCUT2D eigenvalue weighted by molar-refractivity contribution is 7.89. The minimum atomic E-state index is -3.58. The lowest BCUT2D eigenvalue weighted by Crippen LogP contribution is -2.28. The monoisotopic (exact) mass is 403 g/mol. The second-order valence-electron chi connectivity index (χ2n) is 6.67. The molecule has 8 nitrogen and oxygen atoms in total. The van der Waals surface area contributed by atoms with E-state index in [0.29, 0.717) is 29.9 Å². The quantitative estimate of drug-likeness (QED) is 0.432. The van der Waals surface area contributed by atoms with Crippen LogP contribution in [-0.2, 0) is 10.0 Å². The molecule has 0 radical (unpaired) electrons. The Kier molecular flexibility index (Phi) is 5.76. The Morgan fingerprint density at radius 2 is 1.89 bits per heavy atom. The molecule has 0 aliphatic carbocycles. The van der Waals surface area contributed by atoms with Gasteiger partial charge in [-0.2, -0.15) is 4.31 Å². The lowest BCUT2D eigenvalue weighted by atomic mass is 10.1. The number of carbonyl (C=O) groups is 1. The van der Waals surface area contributed by atoms with E-state index in [2.05, 4.69) is 5.32 Å². The molecule has 2 aromatic carbocycles. The number of non-ortho nitro benzene ring substituents is 1. The first-order chi connectivity index (χ1) is 13.3. The van der Waals surface area contributed by atoms with Crippen LogP contribution in [0.1, 0.15) is 28.8 Å². The number of Topliss-reactive ketones (excluding diaryl/α,β-unsaturated/α-hetero) is 1. The zero-order valence-electron chi connectivity index (χ0n) is 15.4. The van der Waals surface area contributed by atoms with Crippen LogP contribution in [-0.4, -0.2) is 43.1 Å². The lowest BCUT2D eigenvalue weighted by Gasteiger charge is -2.16. The van der Waals surface area contributed by atoms with Gasteiger partial charge in [0.15, 0.2) is 5.78 Å². The highest BCUT2D eigenvalue weighted by atomic mass is 32.2. The molecule has 1 saturated heterocycles. The maximum Gasteiger partial charge on any atom is 0.269 e. The number of sulfonamides is 1. The molecule has 1 aliphatic heterocycles. The van der Waals surface area contributed by atoms with E-state index in [9.17, 15) is 23.3 Å². The van der Waals surface area contributed by atoms with Crippen LogP contribution in [0.25, 0.3) is 0 Å². The molecule has 1 N–H and O–H groups in total. The molecular weight excluding hydrogens is 382 g/mol. The number of ketones is 1. The molecule has 1 fully saturated rings. The molecule has 9 heteroatoms. The van der Waals surface area contributed by atoms with Gasteiger partial charge in [-0.1, -0.05) is 12.1 Å². The van der Waals surface area contributed by atoms with Crippen molar-refractivity contribution in [1.82, 2.24) is 4.31 Å². The van der Waals surface area contributed by atoms with Gasteiger partial charge in [0.25, 0.3) is 5.69 Å². The van der Waals surface area contributed by atoms with Crippen molar-refractivity contribution in [2.24, 2.45) is 0 Å². The maximum atomic E-state index is 12.7. The Hall–Kier alpha value is -2.78. The van der Waals surface area contributed by atoms with Crippen LogP contribution in [0, 0.1) is 17.0 Å². The SMILES string of the molecule is Cc1cc([N+](=O)[O-])ccc1NCC(=O)c1cccc(S(=O)(=O)N2CCCC2)c1. The van der Waals surface area contributed by atoms with Crippen LogP contribution >= 0.6 is 0 Å². The summed E-state index contributed by atoms with van der Waals surface area (Å²) in [5, 5.41) is 13.8. The number of nitrogens with one attached hydrogen (secondary N) is 1. The average molecular weight is 403 g/mol. The molecule has 0 aromatic heterocycles. The van der Waals surface area contributed by atoms with Crippen LogP contribution in [0.3, 0.4) is 0 Å². The van der Waals surface area contributed by atoms with Crippen LogP contribution in [0.5, 0.6) is 0 Å². The highest BCUT2D eigenvalue weighted by Gasteiger charge is 2.27. The number of nitro benzene ring substituents is 1. The Morgan fingerprint density at radius 3 is 2.54 bits per heavy atom. The third-order valence-electron chi connectivity index (χ3n) is 4.72. The molecular formula is C19H21N3O5S. The van der Waals surface area contributed by atoms with E-state index in [4.69, 9.17) is 0 Å². The Bertz CT molecular complexity index is 1010. The van der Waals surface area contributed by atoms with Crippen molar-refractivity contribution in [3.8, 4) is 0 Å². The summed E-state index contributed by atoms with van der Waals surface area (Å²) >= 11 is 0. The van der Waals surface area contributed by atoms with Gasteiger partial charge in [0.05, 0.1) is 16.4 Å². The summed E-state index contributed by atoms with van der Waals surface area (Å²) in [6.45, 7) is 2.66. The number of nitrogens with zero attached hydrogens (tertiary/aromatic N) is 2. The van der Waals surface area contributed by atoms with E-state index in [0.717, 1.165) is 12.8 Å². The molecule has 0 atom stereocenters.